The normalized spacial score (nSPS) is 15.7. The van der Waals surface area contributed by atoms with Gasteiger partial charge in [0.2, 0.25) is 10.0 Å². The van der Waals surface area contributed by atoms with Crippen LogP contribution in [0.1, 0.15) is 11.1 Å². The van der Waals surface area contributed by atoms with Crippen LogP contribution in [0.4, 0.5) is 19.0 Å². The molecular weight excluding hydrogens is 441 g/mol. The van der Waals surface area contributed by atoms with Gasteiger partial charge in [-0.3, -0.25) is 0 Å². The van der Waals surface area contributed by atoms with Gasteiger partial charge in [0, 0.05) is 31.7 Å². The minimum Gasteiger partial charge on any atom is -0.352 e. The predicted molar refractivity (Wildman–Crippen MR) is 115 cm³/mol. The zero-order valence-corrected chi connectivity index (χ0v) is 18.1. The van der Waals surface area contributed by atoms with Crippen molar-refractivity contribution in [2.24, 2.45) is 0 Å². The van der Waals surface area contributed by atoms with Gasteiger partial charge in [0.25, 0.3) is 0 Å². The lowest BCUT2D eigenvalue weighted by atomic mass is 10.1. The largest absolute Gasteiger partial charge is 0.416 e. The molecule has 2 aromatic carbocycles. The van der Waals surface area contributed by atoms with Gasteiger partial charge in [0.15, 0.2) is 5.82 Å². The third-order valence-electron chi connectivity index (χ3n) is 5.36. The van der Waals surface area contributed by atoms with E-state index in [4.69, 9.17) is 0 Å². The van der Waals surface area contributed by atoms with E-state index in [-0.39, 0.29) is 18.0 Å². The lowest BCUT2D eigenvalue weighted by molar-refractivity contribution is -0.137. The molecule has 10 heteroatoms. The van der Waals surface area contributed by atoms with E-state index in [0.29, 0.717) is 25.0 Å². The van der Waals surface area contributed by atoms with Gasteiger partial charge >= 0.3 is 6.18 Å². The number of hydrogen-bond donors (Lipinski definition) is 0. The quantitative estimate of drug-likeness (QED) is 0.587. The van der Waals surface area contributed by atoms with Gasteiger partial charge in [-0.1, -0.05) is 35.9 Å². The second-order valence-electron chi connectivity index (χ2n) is 7.56. The molecule has 1 aliphatic rings. The van der Waals surface area contributed by atoms with Crippen molar-refractivity contribution in [3.8, 4) is 11.3 Å². The standard InChI is InChI=1S/C22H21F3N4O2S/c1-16-5-7-17(8-6-16)20-9-10-21(27-26-20)28-11-13-29(14-12-28)32(30,31)19-4-2-3-18(15-19)22(23,24)25/h2-10,15H,11-14H2,1H3. The molecule has 6 nitrogen and oxygen atoms in total. The smallest absolute Gasteiger partial charge is 0.352 e. The minimum atomic E-state index is -4.60. The lowest BCUT2D eigenvalue weighted by Crippen LogP contribution is -2.49. The lowest BCUT2D eigenvalue weighted by Gasteiger charge is -2.34. The monoisotopic (exact) mass is 462 g/mol. The average Bonchev–Trinajstić information content (AvgIpc) is 2.79. The van der Waals surface area contributed by atoms with Gasteiger partial charge < -0.3 is 4.90 Å². The number of piperazine rings is 1. The Hall–Kier alpha value is -2.98. The highest BCUT2D eigenvalue weighted by Gasteiger charge is 2.34. The molecule has 0 amide bonds. The van der Waals surface area contributed by atoms with E-state index in [0.717, 1.165) is 29.0 Å². The van der Waals surface area contributed by atoms with Crippen molar-refractivity contribution in [2.45, 2.75) is 18.0 Å². The molecule has 0 unspecified atom stereocenters. The highest BCUT2D eigenvalue weighted by molar-refractivity contribution is 7.89. The second kappa shape index (κ2) is 8.51. The Morgan fingerprint density at radius 1 is 0.875 bits per heavy atom. The third-order valence-corrected chi connectivity index (χ3v) is 7.25. The molecule has 0 spiro atoms. The van der Waals surface area contributed by atoms with Crippen LogP contribution >= 0.6 is 0 Å². The Morgan fingerprint density at radius 3 is 2.16 bits per heavy atom. The summed E-state index contributed by atoms with van der Waals surface area (Å²) in [5.41, 5.74) is 1.85. The molecule has 2 heterocycles. The van der Waals surface area contributed by atoms with Gasteiger partial charge in [-0.25, -0.2) is 8.42 Å². The van der Waals surface area contributed by atoms with Crippen LogP contribution in [0.3, 0.4) is 0 Å². The summed E-state index contributed by atoms with van der Waals surface area (Å²) >= 11 is 0. The Balaban J connectivity index is 1.44. The molecule has 32 heavy (non-hydrogen) atoms. The molecule has 0 radical (unpaired) electrons. The van der Waals surface area contributed by atoms with E-state index >= 15 is 0 Å². The number of hydrogen-bond acceptors (Lipinski definition) is 5. The number of alkyl halides is 3. The highest BCUT2D eigenvalue weighted by atomic mass is 32.2. The summed E-state index contributed by atoms with van der Waals surface area (Å²) in [5, 5.41) is 8.54. The van der Waals surface area contributed by atoms with Crippen LogP contribution in [0.2, 0.25) is 0 Å². The molecule has 0 N–H and O–H groups in total. The average molecular weight is 462 g/mol. The van der Waals surface area contributed by atoms with Crippen molar-refractivity contribution in [3.63, 3.8) is 0 Å². The molecule has 1 fully saturated rings. The fourth-order valence-corrected chi connectivity index (χ4v) is 4.98. The van der Waals surface area contributed by atoms with E-state index in [9.17, 15) is 21.6 Å². The minimum absolute atomic E-state index is 0.139. The molecule has 3 aromatic rings. The number of sulfonamides is 1. The fourth-order valence-electron chi connectivity index (χ4n) is 3.51. The fraction of sp³-hybridized carbons (Fsp3) is 0.273. The summed E-state index contributed by atoms with van der Waals surface area (Å²) in [4.78, 5) is 1.55. The molecule has 1 saturated heterocycles. The first-order chi connectivity index (χ1) is 15.1. The molecule has 1 aromatic heterocycles. The summed E-state index contributed by atoms with van der Waals surface area (Å²) in [5.74, 6) is 0.622. The second-order valence-corrected chi connectivity index (χ2v) is 9.50. The van der Waals surface area contributed by atoms with Gasteiger partial charge in [-0.2, -0.15) is 17.5 Å². The highest BCUT2D eigenvalue weighted by Crippen LogP contribution is 2.31. The molecule has 0 aliphatic carbocycles. The predicted octanol–water partition coefficient (Wildman–Crippen LogP) is 3.98. The first-order valence-electron chi connectivity index (χ1n) is 9.98. The van der Waals surface area contributed by atoms with Crippen molar-refractivity contribution in [1.29, 1.82) is 0 Å². The number of benzene rings is 2. The van der Waals surface area contributed by atoms with Crippen LogP contribution in [0.5, 0.6) is 0 Å². The van der Waals surface area contributed by atoms with Crippen LogP contribution in [0.25, 0.3) is 11.3 Å². The summed E-state index contributed by atoms with van der Waals surface area (Å²) in [6.07, 6.45) is -4.60. The Labute approximate surface area is 184 Å². The van der Waals surface area contributed by atoms with Gasteiger partial charge in [0.05, 0.1) is 16.2 Å². The maximum atomic E-state index is 13.0. The molecule has 168 valence electrons. The molecule has 4 rings (SSSR count). The zero-order chi connectivity index (χ0) is 22.9. The van der Waals surface area contributed by atoms with Crippen molar-refractivity contribution >= 4 is 15.8 Å². The SMILES string of the molecule is Cc1ccc(-c2ccc(N3CCN(S(=O)(=O)c4cccc(C(F)(F)F)c4)CC3)nn2)cc1. The van der Waals surface area contributed by atoms with Gasteiger partial charge in [0.1, 0.15) is 0 Å². The Kier molecular flexibility index (Phi) is 5.91. The maximum absolute atomic E-state index is 13.0. The summed E-state index contributed by atoms with van der Waals surface area (Å²) in [6.45, 7) is 3.00. The van der Waals surface area contributed by atoms with E-state index in [2.05, 4.69) is 10.2 Å². The van der Waals surface area contributed by atoms with Crippen molar-refractivity contribution in [2.75, 3.05) is 31.1 Å². The van der Waals surface area contributed by atoms with E-state index in [1.54, 1.807) is 0 Å². The van der Waals surface area contributed by atoms with Crippen LogP contribution in [0, 0.1) is 6.92 Å². The number of aromatic nitrogens is 2. The van der Waals surface area contributed by atoms with Crippen LogP contribution < -0.4 is 4.90 Å². The molecule has 0 bridgehead atoms. The summed E-state index contributed by atoms with van der Waals surface area (Å²) < 4.78 is 65.8. The summed E-state index contributed by atoms with van der Waals surface area (Å²) in [7, 11) is -4.03. The van der Waals surface area contributed by atoms with E-state index in [1.807, 2.05) is 48.2 Å². The number of aryl methyl sites for hydroxylation is 1. The van der Waals surface area contributed by atoms with E-state index < -0.39 is 21.8 Å². The molecule has 1 aliphatic heterocycles. The van der Waals surface area contributed by atoms with E-state index in [1.165, 1.54) is 10.4 Å². The first kappa shape index (κ1) is 22.2. The summed E-state index contributed by atoms with van der Waals surface area (Å²) in [6, 6.07) is 15.4. The Morgan fingerprint density at radius 2 is 1.56 bits per heavy atom. The number of halogens is 3. The van der Waals surface area contributed by atoms with Gasteiger partial charge in [-0.05, 0) is 37.3 Å². The van der Waals surface area contributed by atoms with Crippen LogP contribution in [-0.2, 0) is 16.2 Å². The van der Waals surface area contributed by atoms with Crippen LogP contribution in [0.15, 0.2) is 65.6 Å². The first-order valence-corrected chi connectivity index (χ1v) is 11.4. The number of nitrogens with zero attached hydrogens (tertiary/aromatic N) is 4. The molecule has 0 atom stereocenters. The number of anilines is 1. The third kappa shape index (κ3) is 4.61. The topological polar surface area (TPSA) is 66.4 Å². The van der Waals surface area contributed by atoms with Crippen molar-refractivity contribution < 1.29 is 21.6 Å². The van der Waals surface area contributed by atoms with Crippen LogP contribution in [-0.4, -0.2) is 49.1 Å². The molecular formula is C22H21F3N4O2S. The van der Waals surface area contributed by atoms with Gasteiger partial charge in [-0.15, -0.1) is 10.2 Å². The Bertz CT molecular complexity index is 1190. The maximum Gasteiger partial charge on any atom is 0.416 e. The zero-order valence-electron chi connectivity index (χ0n) is 17.2. The molecule has 0 saturated carbocycles. The number of rotatable bonds is 4. The van der Waals surface area contributed by atoms with Crippen molar-refractivity contribution in [1.82, 2.24) is 14.5 Å². The van der Waals surface area contributed by atoms with Crippen molar-refractivity contribution in [3.05, 3.63) is 71.8 Å².